The fourth-order valence-corrected chi connectivity index (χ4v) is 0.929. The van der Waals surface area contributed by atoms with E-state index < -0.39 is 0 Å². The minimum Gasteiger partial charge on any atom is -0.204 e. The minimum absolute atomic E-state index is 0.548. The molecule has 14 heavy (non-hydrogen) atoms. The fourth-order valence-electron chi connectivity index (χ4n) is 0.929. The summed E-state index contributed by atoms with van der Waals surface area (Å²) in [6.07, 6.45) is 6.57. The van der Waals surface area contributed by atoms with Gasteiger partial charge in [-0.1, -0.05) is 39.5 Å². The van der Waals surface area contributed by atoms with Crippen LogP contribution in [-0.2, 0) is 19.9 Å². The second kappa shape index (κ2) is 12.8. The summed E-state index contributed by atoms with van der Waals surface area (Å²) in [6.45, 7) is 5.36. The van der Waals surface area contributed by atoms with E-state index in [-0.39, 0.29) is 0 Å². The third kappa shape index (κ3) is 11.8. The second-order valence-electron chi connectivity index (χ2n) is 3.19. The van der Waals surface area contributed by atoms with Crippen LogP contribution in [0.15, 0.2) is 0 Å². The van der Waals surface area contributed by atoms with Crippen molar-refractivity contribution in [2.45, 2.75) is 52.4 Å². The maximum Gasteiger partial charge on any atom is 0.0854 e. The van der Waals surface area contributed by atoms with E-state index in [0.717, 1.165) is 38.5 Å². The first-order chi connectivity index (χ1) is 6.91. The molecule has 0 aliphatic heterocycles. The molecule has 86 valence electrons. The van der Waals surface area contributed by atoms with Crippen molar-refractivity contribution in [2.24, 2.45) is 0 Å². The van der Waals surface area contributed by atoms with E-state index in [0.29, 0.717) is 13.2 Å². The van der Waals surface area contributed by atoms with Crippen molar-refractivity contribution in [1.82, 2.24) is 0 Å². The molecule has 0 atom stereocenters. The zero-order valence-corrected chi connectivity index (χ0v) is 9.29. The molecule has 0 rings (SSSR count). The number of unbranched alkanes of at least 4 members (excludes halogenated alkanes) is 4. The summed E-state index contributed by atoms with van der Waals surface area (Å²) >= 11 is 0. The van der Waals surface area contributed by atoms with Crippen LogP contribution in [0, 0.1) is 0 Å². The maximum absolute atomic E-state index is 4.70. The van der Waals surface area contributed by atoms with Gasteiger partial charge >= 0.3 is 0 Å². The predicted molar refractivity (Wildman–Crippen MR) is 53.1 cm³/mol. The number of hydrogen-bond acceptors (Lipinski definition) is 4. The molecule has 0 aromatic heterocycles. The van der Waals surface area contributed by atoms with Gasteiger partial charge in [0.25, 0.3) is 0 Å². The quantitative estimate of drug-likeness (QED) is 0.295. The Hall–Kier alpha value is -0.160. The highest BCUT2D eigenvalue weighted by molar-refractivity contribution is 4.32. The van der Waals surface area contributed by atoms with Crippen molar-refractivity contribution in [2.75, 3.05) is 13.2 Å². The van der Waals surface area contributed by atoms with Gasteiger partial charge in [-0.05, 0) is 22.9 Å². The highest BCUT2D eigenvalue weighted by atomic mass is 17.7. The average Bonchev–Trinajstić information content (AvgIpc) is 2.21. The Labute approximate surface area is 86.3 Å². The van der Waals surface area contributed by atoms with Crippen LogP contribution in [0.2, 0.25) is 0 Å². The summed E-state index contributed by atoms with van der Waals surface area (Å²) in [5, 5.41) is 8.68. The molecule has 4 heteroatoms. The van der Waals surface area contributed by atoms with Gasteiger partial charge in [0.15, 0.2) is 0 Å². The third-order valence-electron chi connectivity index (χ3n) is 1.79. The molecule has 0 spiro atoms. The van der Waals surface area contributed by atoms with E-state index in [1.54, 1.807) is 0 Å². The number of rotatable bonds is 11. The van der Waals surface area contributed by atoms with Crippen LogP contribution < -0.4 is 0 Å². The Morgan fingerprint density at radius 1 is 0.643 bits per heavy atom. The van der Waals surface area contributed by atoms with Crippen LogP contribution in [0.3, 0.4) is 0 Å². The van der Waals surface area contributed by atoms with E-state index in [9.17, 15) is 0 Å². The Bertz CT molecular complexity index is 86.1. The topological polar surface area (TPSA) is 36.9 Å². The summed E-state index contributed by atoms with van der Waals surface area (Å²) in [5.74, 6) is 0. The molecule has 0 saturated carbocycles. The van der Waals surface area contributed by atoms with Gasteiger partial charge < -0.3 is 0 Å². The smallest absolute Gasteiger partial charge is 0.0854 e. The molecule has 0 radical (unpaired) electrons. The molecule has 0 fully saturated rings. The van der Waals surface area contributed by atoms with Gasteiger partial charge in [0.1, 0.15) is 0 Å². The number of hydrogen-bond donors (Lipinski definition) is 0. The molecule has 0 N–H and O–H groups in total. The van der Waals surface area contributed by atoms with Crippen molar-refractivity contribution >= 4 is 0 Å². The lowest BCUT2D eigenvalue weighted by molar-refractivity contribution is -0.634. The van der Waals surface area contributed by atoms with Crippen LogP contribution in [0.25, 0.3) is 0 Å². The normalized spacial score (nSPS) is 10.7. The van der Waals surface area contributed by atoms with Gasteiger partial charge in [-0.2, -0.15) is 0 Å². The Morgan fingerprint density at radius 2 is 1.07 bits per heavy atom. The summed E-state index contributed by atoms with van der Waals surface area (Å²) in [5.41, 5.74) is 0. The fraction of sp³-hybridized carbons (Fsp3) is 1.00. The molecule has 0 bridgehead atoms. The summed E-state index contributed by atoms with van der Waals surface area (Å²) in [7, 11) is 0. The lowest BCUT2D eigenvalue weighted by Crippen LogP contribution is -2.01. The minimum atomic E-state index is 0.548. The average molecular weight is 206 g/mol. The molecule has 0 aliphatic rings. The molecule has 4 nitrogen and oxygen atoms in total. The van der Waals surface area contributed by atoms with Crippen molar-refractivity contribution in [3.8, 4) is 0 Å². The second-order valence-corrected chi connectivity index (χ2v) is 3.19. The zero-order chi connectivity index (χ0) is 10.5. The monoisotopic (exact) mass is 206 g/mol. The molecule has 0 aliphatic carbocycles. The first-order valence-electron chi connectivity index (χ1n) is 5.49. The van der Waals surface area contributed by atoms with E-state index in [1.165, 1.54) is 0 Å². The molecular formula is C10H22O4. The third-order valence-corrected chi connectivity index (χ3v) is 1.79. The van der Waals surface area contributed by atoms with Gasteiger partial charge in [-0.3, -0.25) is 0 Å². The first kappa shape index (κ1) is 13.8. The summed E-state index contributed by atoms with van der Waals surface area (Å²) in [6, 6.07) is 0. The van der Waals surface area contributed by atoms with Crippen LogP contribution in [0.4, 0.5) is 0 Å². The molecule has 0 aromatic rings. The van der Waals surface area contributed by atoms with Gasteiger partial charge in [0.2, 0.25) is 0 Å². The van der Waals surface area contributed by atoms with Crippen molar-refractivity contribution < 1.29 is 19.9 Å². The van der Waals surface area contributed by atoms with Gasteiger partial charge in [-0.15, -0.1) is 0 Å². The van der Waals surface area contributed by atoms with E-state index in [2.05, 4.69) is 23.9 Å². The maximum atomic E-state index is 4.70. The SMILES string of the molecule is CCCCCOOOOCCCCC. The van der Waals surface area contributed by atoms with Crippen LogP contribution in [0.5, 0.6) is 0 Å². The Balaban J connectivity index is 2.78. The van der Waals surface area contributed by atoms with E-state index in [4.69, 9.17) is 9.78 Å². The molecular weight excluding hydrogens is 184 g/mol. The first-order valence-corrected chi connectivity index (χ1v) is 5.49. The van der Waals surface area contributed by atoms with Gasteiger partial charge in [0.05, 0.1) is 13.2 Å². The molecule has 0 amide bonds. The molecule has 0 heterocycles. The molecule has 0 aromatic carbocycles. The van der Waals surface area contributed by atoms with Gasteiger partial charge in [0, 0.05) is 0 Å². The largest absolute Gasteiger partial charge is 0.204 e. The molecule has 0 unspecified atom stereocenters. The highest BCUT2D eigenvalue weighted by Crippen LogP contribution is 1.97. The standard InChI is InChI=1S/C10H22O4/c1-3-5-7-9-11-13-14-12-10-8-6-4-2/h3-10H2,1-2H3. The van der Waals surface area contributed by atoms with Crippen LogP contribution >= 0.6 is 0 Å². The van der Waals surface area contributed by atoms with Crippen LogP contribution in [-0.4, -0.2) is 13.2 Å². The van der Waals surface area contributed by atoms with Crippen molar-refractivity contribution in [3.63, 3.8) is 0 Å². The highest BCUT2D eigenvalue weighted by Gasteiger charge is 1.92. The van der Waals surface area contributed by atoms with Crippen molar-refractivity contribution in [3.05, 3.63) is 0 Å². The Kier molecular flexibility index (Phi) is 12.7. The molecule has 0 saturated heterocycles. The lowest BCUT2D eigenvalue weighted by atomic mass is 10.3. The predicted octanol–water partition coefficient (Wildman–Crippen LogP) is 3.18. The van der Waals surface area contributed by atoms with E-state index in [1.807, 2.05) is 0 Å². The summed E-state index contributed by atoms with van der Waals surface area (Å²) < 4.78 is 0. The summed E-state index contributed by atoms with van der Waals surface area (Å²) in [4.78, 5) is 9.39. The Morgan fingerprint density at radius 3 is 1.43 bits per heavy atom. The van der Waals surface area contributed by atoms with Gasteiger partial charge in [-0.25, -0.2) is 9.78 Å². The van der Waals surface area contributed by atoms with E-state index >= 15 is 0 Å². The van der Waals surface area contributed by atoms with Crippen molar-refractivity contribution in [1.29, 1.82) is 0 Å². The zero-order valence-electron chi connectivity index (χ0n) is 9.29. The lowest BCUT2D eigenvalue weighted by Gasteiger charge is -2.01. The van der Waals surface area contributed by atoms with Crippen LogP contribution in [0.1, 0.15) is 52.4 Å².